The van der Waals surface area contributed by atoms with E-state index in [1.807, 2.05) is 37.3 Å². The highest BCUT2D eigenvalue weighted by atomic mass is 35.5. The van der Waals surface area contributed by atoms with Crippen LogP contribution in [-0.2, 0) is 4.79 Å². The molecule has 7 heteroatoms. The Morgan fingerprint density at radius 3 is 2.65 bits per heavy atom. The summed E-state index contributed by atoms with van der Waals surface area (Å²) >= 11 is 12.3. The van der Waals surface area contributed by atoms with E-state index in [4.69, 9.17) is 32.4 Å². The molecule has 0 fully saturated rings. The molecule has 1 N–H and O–H groups in total. The lowest BCUT2D eigenvalue weighted by Gasteiger charge is -2.09. The average molecular weight is 495 g/mol. The molecule has 174 valence electrons. The number of hydrogen-bond acceptors (Lipinski definition) is 4. The lowest BCUT2D eigenvalue weighted by Crippen LogP contribution is -2.09. The molecule has 4 rings (SSSR count). The summed E-state index contributed by atoms with van der Waals surface area (Å²) in [7, 11) is 1.51. The van der Waals surface area contributed by atoms with E-state index in [0.717, 1.165) is 22.2 Å². The summed E-state index contributed by atoms with van der Waals surface area (Å²) in [6, 6.07) is 15.0. The van der Waals surface area contributed by atoms with Crippen LogP contribution in [0.15, 0.2) is 59.0 Å². The molecule has 34 heavy (non-hydrogen) atoms. The molecule has 1 amide bonds. The van der Waals surface area contributed by atoms with Gasteiger partial charge in [-0.2, -0.15) is 0 Å². The molecule has 5 nitrogen and oxygen atoms in total. The predicted molar refractivity (Wildman–Crippen MR) is 139 cm³/mol. The Labute approximate surface area is 208 Å². The number of fused-ring (bicyclic) bond motifs is 1. The van der Waals surface area contributed by atoms with Crippen LogP contribution in [0.1, 0.15) is 36.5 Å². The molecule has 0 saturated carbocycles. The van der Waals surface area contributed by atoms with Crippen LogP contribution in [0.3, 0.4) is 0 Å². The van der Waals surface area contributed by atoms with Crippen LogP contribution in [0.25, 0.3) is 28.6 Å². The number of methoxy groups -OCH3 is 1. The number of aryl methyl sites for hydroxylation is 1. The number of aromatic nitrogens is 1. The van der Waals surface area contributed by atoms with Crippen molar-refractivity contribution in [3.63, 3.8) is 0 Å². The highest BCUT2D eigenvalue weighted by Crippen LogP contribution is 2.33. The third-order valence-corrected chi connectivity index (χ3v) is 5.98. The van der Waals surface area contributed by atoms with Crippen molar-refractivity contribution >= 4 is 52.0 Å². The molecule has 0 radical (unpaired) electrons. The van der Waals surface area contributed by atoms with E-state index in [9.17, 15) is 4.79 Å². The fourth-order valence-corrected chi connectivity index (χ4v) is 4.16. The van der Waals surface area contributed by atoms with Gasteiger partial charge in [0.2, 0.25) is 11.8 Å². The topological polar surface area (TPSA) is 64.4 Å². The summed E-state index contributed by atoms with van der Waals surface area (Å²) in [5.74, 6) is 1.05. The fourth-order valence-electron chi connectivity index (χ4n) is 3.58. The van der Waals surface area contributed by atoms with E-state index < -0.39 is 0 Å². The number of oxazole rings is 1. The van der Waals surface area contributed by atoms with Gasteiger partial charge in [0.1, 0.15) is 11.3 Å². The molecule has 0 bridgehead atoms. The van der Waals surface area contributed by atoms with E-state index >= 15 is 0 Å². The van der Waals surface area contributed by atoms with Gasteiger partial charge in [-0.25, -0.2) is 4.98 Å². The summed E-state index contributed by atoms with van der Waals surface area (Å²) in [5, 5.41) is 3.74. The maximum atomic E-state index is 12.7. The number of ether oxygens (including phenoxy) is 1. The fraction of sp³-hybridized carbons (Fsp3) is 0.185. The van der Waals surface area contributed by atoms with E-state index in [0.29, 0.717) is 38.9 Å². The normalized spacial score (nSPS) is 11.5. The van der Waals surface area contributed by atoms with Gasteiger partial charge in [-0.05, 0) is 66.4 Å². The van der Waals surface area contributed by atoms with Crippen molar-refractivity contribution in [2.75, 3.05) is 12.4 Å². The Kier molecular flexibility index (Phi) is 6.96. The largest absolute Gasteiger partial charge is 0.495 e. The van der Waals surface area contributed by atoms with Crippen molar-refractivity contribution in [3.05, 3.63) is 81.3 Å². The first-order valence-electron chi connectivity index (χ1n) is 10.8. The molecule has 0 aliphatic carbocycles. The third-order valence-electron chi connectivity index (χ3n) is 5.48. The summed E-state index contributed by atoms with van der Waals surface area (Å²) in [4.78, 5) is 17.3. The van der Waals surface area contributed by atoms with E-state index in [-0.39, 0.29) is 5.91 Å². The van der Waals surface area contributed by atoms with Crippen LogP contribution >= 0.6 is 23.2 Å². The van der Waals surface area contributed by atoms with Gasteiger partial charge in [-0.1, -0.05) is 49.2 Å². The minimum atomic E-state index is -0.308. The zero-order valence-electron chi connectivity index (χ0n) is 19.3. The van der Waals surface area contributed by atoms with Gasteiger partial charge in [0, 0.05) is 27.9 Å². The number of nitrogens with one attached hydrogen (secondary N) is 1. The SMILES string of the molecule is COc1c(Cl)cc(Cl)cc1/C=C/C(=O)Nc1cc(-c2nc3cc(C(C)C)ccc3o2)ccc1C. The van der Waals surface area contributed by atoms with Gasteiger partial charge in [-0.3, -0.25) is 4.79 Å². The smallest absolute Gasteiger partial charge is 0.248 e. The number of nitrogens with zero attached hydrogens (tertiary/aromatic N) is 1. The highest BCUT2D eigenvalue weighted by molar-refractivity contribution is 6.36. The number of carbonyl (C=O) groups excluding carboxylic acids is 1. The molecule has 0 aliphatic rings. The standard InChI is InChI=1S/C27H24Cl2N2O3/c1-15(2)17-7-9-24-23(12-17)31-27(34-24)19-6-5-16(3)22(13-19)30-25(32)10-8-18-11-20(28)14-21(29)26(18)33-4/h5-15H,1-4H3,(H,30,32)/b10-8+. The molecule has 0 saturated heterocycles. The Bertz CT molecular complexity index is 1410. The van der Waals surface area contributed by atoms with E-state index in [1.165, 1.54) is 18.7 Å². The number of amides is 1. The summed E-state index contributed by atoms with van der Waals surface area (Å²) in [6.45, 7) is 6.20. The molecule has 4 aromatic rings. The third kappa shape index (κ3) is 5.11. The maximum absolute atomic E-state index is 12.7. The zero-order chi connectivity index (χ0) is 24.4. The first-order chi connectivity index (χ1) is 16.2. The minimum absolute atomic E-state index is 0.308. The average Bonchev–Trinajstić information content (AvgIpc) is 3.22. The maximum Gasteiger partial charge on any atom is 0.248 e. The van der Waals surface area contributed by atoms with Crippen molar-refractivity contribution in [2.45, 2.75) is 26.7 Å². The Hall–Kier alpha value is -3.28. The first kappa shape index (κ1) is 23.9. The van der Waals surface area contributed by atoms with Gasteiger partial charge >= 0.3 is 0 Å². The molecule has 1 aromatic heterocycles. The van der Waals surface area contributed by atoms with Crippen LogP contribution in [0.5, 0.6) is 5.75 Å². The minimum Gasteiger partial charge on any atom is -0.495 e. The number of benzene rings is 3. The number of rotatable bonds is 6. The van der Waals surface area contributed by atoms with E-state index in [2.05, 4.69) is 30.2 Å². The van der Waals surface area contributed by atoms with Gasteiger partial charge in [0.15, 0.2) is 5.58 Å². The van der Waals surface area contributed by atoms with Crippen molar-refractivity contribution in [2.24, 2.45) is 0 Å². The van der Waals surface area contributed by atoms with Gasteiger partial charge in [0.05, 0.1) is 12.1 Å². The quantitative estimate of drug-likeness (QED) is 0.276. The first-order valence-corrected chi connectivity index (χ1v) is 11.5. The Morgan fingerprint density at radius 2 is 1.91 bits per heavy atom. The number of carbonyl (C=O) groups is 1. The van der Waals surface area contributed by atoms with Crippen LogP contribution in [-0.4, -0.2) is 18.0 Å². The summed E-state index contributed by atoms with van der Waals surface area (Å²) in [5.41, 5.74) is 5.68. The van der Waals surface area contributed by atoms with Gasteiger partial charge < -0.3 is 14.5 Å². The number of anilines is 1. The highest BCUT2D eigenvalue weighted by Gasteiger charge is 2.13. The van der Waals surface area contributed by atoms with Crippen molar-refractivity contribution in [3.8, 4) is 17.2 Å². The molecule has 1 heterocycles. The van der Waals surface area contributed by atoms with Crippen molar-refractivity contribution in [1.82, 2.24) is 4.98 Å². The Balaban J connectivity index is 1.58. The molecule has 0 aliphatic heterocycles. The van der Waals surface area contributed by atoms with Crippen LogP contribution in [0.2, 0.25) is 10.0 Å². The van der Waals surface area contributed by atoms with Gasteiger partial charge in [0.25, 0.3) is 0 Å². The van der Waals surface area contributed by atoms with Crippen LogP contribution < -0.4 is 10.1 Å². The second-order valence-electron chi connectivity index (χ2n) is 8.26. The van der Waals surface area contributed by atoms with Crippen LogP contribution in [0.4, 0.5) is 5.69 Å². The Morgan fingerprint density at radius 1 is 1.12 bits per heavy atom. The monoisotopic (exact) mass is 494 g/mol. The molecule has 0 atom stereocenters. The second kappa shape index (κ2) is 9.92. The second-order valence-corrected chi connectivity index (χ2v) is 9.11. The number of hydrogen-bond donors (Lipinski definition) is 1. The van der Waals surface area contributed by atoms with Crippen LogP contribution in [0, 0.1) is 6.92 Å². The molecular weight excluding hydrogens is 471 g/mol. The predicted octanol–water partition coefficient (Wildman–Crippen LogP) is 7.89. The van der Waals surface area contributed by atoms with E-state index in [1.54, 1.807) is 18.2 Å². The van der Waals surface area contributed by atoms with Gasteiger partial charge in [-0.15, -0.1) is 0 Å². The molecule has 3 aromatic carbocycles. The van der Waals surface area contributed by atoms with Crippen molar-refractivity contribution in [1.29, 1.82) is 0 Å². The lowest BCUT2D eigenvalue weighted by atomic mass is 10.0. The van der Waals surface area contributed by atoms with Crippen molar-refractivity contribution < 1.29 is 13.9 Å². The number of halogens is 2. The molecular formula is C27H24Cl2N2O3. The summed E-state index contributed by atoms with van der Waals surface area (Å²) < 4.78 is 11.3. The lowest BCUT2D eigenvalue weighted by molar-refractivity contribution is -0.111. The molecule has 0 unspecified atom stereocenters. The summed E-state index contributed by atoms with van der Waals surface area (Å²) in [6.07, 6.45) is 3.02. The zero-order valence-corrected chi connectivity index (χ0v) is 20.8. The molecule has 0 spiro atoms.